The Morgan fingerprint density at radius 3 is 1.76 bits per heavy atom. The average molecular weight is 508 g/mol. The maximum absolute atomic E-state index is 13.3. The minimum absolute atomic E-state index is 0.000499. The summed E-state index contributed by atoms with van der Waals surface area (Å²) in [5.74, 6) is -0.000499. The minimum atomic E-state index is -0.000499. The van der Waals surface area contributed by atoms with Crippen LogP contribution in [0.5, 0.6) is 0 Å². The van der Waals surface area contributed by atoms with E-state index in [2.05, 4.69) is 118 Å². The third-order valence-electron chi connectivity index (χ3n) is 7.86. The molecule has 0 spiro atoms. The molecule has 3 aromatic carbocycles. The molecule has 1 aliphatic heterocycles. The zero-order chi connectivity index (χ0) is 27.1. The first-order valence-corrected chi connectivity index (χ1v) is 13.9. The summed E-state index contributed by atoms with van der Waals surface area (Å²) >= 11 is 0. The molecule has 3 N–H and O–H groups in total. The van der Waals surface area contributed by atoms with Gasteiger partial charge >= 0.3 is 0 Å². The number of benzene rings is 3. The van der Waals surface area contributed by atoms with E-state index in [0.717, 1.165) is 53.5 Å². The Morgan fingerprint density at radius 2 is 1.26 bits per heavy atom. The first-order valence-electron chi connectivity index (χ1n) is 13.9. The van der Waals surface area contributed by atoms with Gasteiger partial charge in [-0.15, -0.1) is 0 Å². The Balaban J connectivity index is 1.60. The normalized spacial score (nSPS) is 15.1. The van der Waals surface area contributed by atoms with Gasteiger partial charge in [-0.1, -0.05) is 90.1 Å². The molecule has 0 aliphatic carbocycles. The van der Waals surface area contributed by atoms with Crippen LogP contribution >= 0.6 is 0 Å². The summed E-state index contributed by atoms with van der Waals surface area (Å²) in [4.78, 5) is 16.7. The molecule has 38 heavy (non-hydrogen) atoms. The van der Waals surface area contributed by atoms with Gasteiger partial charge in [-0.3, -0.25) is 4.79 Å². The predicted molar refractivity (Wildman–Crippen MR) is 160 cm³/mol. The van der Waals surface area contributed by atoms with Gasteiger partial charge in [-0.25, -0.2) is 0 Å². The molecule has 4 heteroatoms. The molecule has 1 aromatic heterocycles. The lowest BCUT2D eigenvalue weighted by Crippen LogP contribution is -2.42. The van der Waals surface area contributed by atoms with Gasteiger partial charge in [0.1, 0.15) is 0 Å². The standard InChI is InChI=1S/C34H41N3O/c1-33(2,3)24-11-7-22(8-12-24)27-19-29-30(32(38)37-26-15-17-35-18-16-26)21-36-31(29)20-28(27)23-9-13-25(14-10-23)34(4,5)6/h7-14,19-21,26,35-36H,15-18H2,1-6H3,(H,37,38). The van der Waals surface area contributed by atoms with Crippen molar-refractivity contribution in [2.45, 2.75) is 71.3 Å². The SMILES string of the molecule is CC(C)(C)c1ccc(-c2cc3[nH]cc(C(=O)NC4CCNCC4)c3cc2-c2ccc(C(C)(C)C)cc2)cc1. The fraction of sp³-hybridized carbons (Fsp3) is 0.382. The van der Waals surface area contributed by atoms with E-state index in [-0.39, 0.29) is 22.8 Å². The highest BCUT2D eigenvalue weighted by atomic mass is 16.1. The van der Waals surface area contributed by atoms with E-state index >= 15 is 0 Å². The highest BCUT2D eigenvalue weighted by Crippen LogP contribution is 2.38. The molecule has 4 nitrogen and oxygen atoms in total. The third kappa shape index (κ3) is 5.42. The van der Waals surface area contributed by atoms with Crippen molar-refractivity contribution >= 4 is 16.8 Å². The van der Waals surface area contributed by atoms with Gasteiger partial charge < -0.3 is 15.6 Å². The van der Waals surface area contributed by atoms with Crippen molar-refractivity contribution in [2.24, 2.45) is 0 Å². The van der Waals surface area contributed by atoms with E-state index in [4.69, 9.17) is 0 Å². The molecule has 0 saturated carbocycles. The van der Waals surface area contributed by atoms with Crippen molar-refractivity contribution in [1.82, 2.24) is 15.6 Å². The van der Waals surface area contributed by atoms with Gasteiger partial charge in [0.25, 0.3) is 5.91 Å². The van der Waals surface area contributed by atoms with E-state index in [9.17, 15) is 4.79 Å². The summed E-state index contributed by atoms with van der Waals surface area (Å²) in [7, 11) is 0. The van der Waals surface area contributed by atoms with Crippen molar-refractivity contribution in [1.29, 1.82) is 0 Å². The largest absolute Gasteiger partial charge is 0.360 e. The van der Waals surface area contributed by atoms with Crippen molar-refractivity contribution < 1.29 is 4.79 Å². The van der Waals surface area contributed by atoms with E-state index in [1.807, 2.05) is 6.20 Å². The summed E-state index contributed by atoms with van der Waals surface area (Å²) < 4.78 is 0. The van der Waals surface area contributed by atoms with Gasteiger partial charge in [0.05, 0.1) is 5.56 Å². The van der Waals surface area contributed by atoms with E-state index in [1.165, 1.54) is 16.7 Å². The zero-order valence-corrected chi connectivity index (χ0v) is 23.7. The van der Waals surface area contributed by atoms with Crippen LogP contribution < -0.4 is 10.6 Å². The lowest BCUT2D eigenvalue weighted by atomic mass is 9.84. The number of carbonyl (C=O) groups excluding carboxylic acids is 1. The summed E-state index contributed by atoms with van der Waals surface area (Å²) in [5, 5.41) is 7.59. The van der Waals surface area contributed by atoms with Crippen molar-refractivity contribution in [3.05, 3.63) is 83.6 Å². The van der Waals surface area contributed by atoms with Crippen LogP contribution in [0.2, 0.25) is 0 Å². The van der Waals surface area contributed by atoms with Gasteiger partial charge in [-0.2, -0.15) is 0 Å². The lowest BCUT2D eigenvalue weighted by molar-refractivity contribution is 0.0931. The molecule has 0 atom stereocenters. The van der Waals surface area contributed by atoms with Crippen LogP contribution in [0.3, 0.4) is 0 Å². The number of H-pyrrole nitrogens is 1. The number of fused-ring (bicyclic) bond motifs is 1. The van der Waals surface area contributed by atoms with Crippen LogP contribution in [0, 0.1) is 0 Å². The van der Waals surface area contributed by atoms with E-state index in [0.29, 0.717) is 5.56 Å². The molecule has 1 fully saturated rings. The van der Waals surface area contributed by atoms with Gasteiger partial charge in [0.2, 0.25) is 0 Å². The second-order valence-electron chi connectivity index (χ2n) is 12.8. The Hall–Kier alpha value is -3.37. The molecule has 198 valence electrons. The molecule has 0 radical (unpaired) electrons. The molecule has 1 saturated heterocycles. The van der Waals surface area contributed by atoms with E-state index in [1.54, 1.807) is 0 Å². The van der Waals surface area contributed by atoms with Crippen LogP contribution in [0.4, 0.5) is 0 Å². The number of aromatic nitrogens is 1. The number of amides is 1. The van der Waals surface area contributed by atoms with Crippen LogP contribution in [0.25, 0.3) is 33.2 Å². The summed E-state index contributed by atoms with van der Waals surface area (Å²) in [6.45, 7) is 15.3. The Bertz CT molecular complexity index is 1420. The van der Waals surface area contributed by atoms with Crippen molar-refractivity contribution in [3.8, 4) is 22.3 Å². The number of carbonyl (C=O) groups is 1. The monoisotopic (exact) mass is 507 g/mol. The van der Waals surface area contributed by atoms with Gasteiger partial charge in [0, 0.05) is 23.1 Å². The zero-order valence-electron chi connectivity index (χ0n) is 23.7. The average Bonchev–Trinajstić information content (AvgIpc) is 3.31. The lowest BCUT2D eigenvalue weighted by Gasteiger charge is -2.23. The minimum Gasteiger partial charge on any atom is -0.360 e. The van der Waals surface area contributed by atoms with Crippen molar-refractivity contribution in [2.75, 3.05) is 13.1 Å². The number of hydrogen-bond acceptors (Lipinski definition) is 2. The van der Waals surface area contributed by atoms with Crippen LogP contribution in [-0.4, -0.2) is 30.0 Å². The maximum atomic E-state index is 13.3. The quantitative estimate of drug-likeness (QED) is 0.267. The van der Waals surface area contributed by atoms with E-state index < -0.39 is 0 Å². The maximum Gasteiger partial charge on any atom is 0.253 e. The van der Waals surface area contributed by atoms with Crippen LogP contribution in [0.15, 0.2) is 66.9 Å². The summed E-state index contributed by atoms with van der Waals surface area (Å²) in [6, 6.07) is 22.4. The molecule has 4 aromatic rings. The second-order valence-corrected chi connectivity index (χ2v) is 12.8. The molecular formula is C34H41N3O. The summed E-state index contributed by atoms with van der Waals surface area (Å²) in [5.41, 5.74) is 9.12. The Kier molecular flexibility index (Phi) is 6.96. The first-order chi connectivity index (χ1) is 18.0. The highest BCUT2D eigenvalue weighted by Gasteiger charge is 2.21. The summed E-state index contributed by atoms with van der Waals surface area (Å²) in [6.07, 6.45) is 3.79. The highest BCUT2D eigenvalue weighted by molar-refractivity contribution is 6.09. The molecule has 1 amide bonds. The number of piperidine rings is 1. The Labute approximate surface area is 227 Å². The second kappa shape index (κ2) is 10.1. The molecule has 0 bridgehead atoms. The fourth-order valence-electron chi connectivity index (χ4n) is 5.36. The third-order valence-corrected chi connectivity index (χ3v) is 7.86. The predicted octanol–water partition coefficient (Wildman–Crippen LogP) is 7.58. The fourth-order valence-corrected chi connectivity index (χ4v) is 5.36. The topological polar surface area (TPSA) is 56.9 Å². The number of hydrogen-bond donors (Lipinski definition) is 3. The molecule has 1 aliphatic rings. The number of rotatable bonds is 4. The Morgan fingerprint density at radius 1 is 0.763 bits per heavy atom. The number of aromatic amines is 1. The molecule has 2 heterocycles. The van der Waals surface area contributed by atoms with Crippen molar-refractivity contribution in [3.63, 3.8) is 0 Å². The van der Waals surface area contributed by atoms with Gasteiger partial charge in [-0.05, 0) is 82.3 Å². The van der Waals surface area contributed by atoms with Gasteiger partial charge in [0.15, 0.2) is 0 Å². The first kappa shape index (κ1) is 26.2. The molecule has 5 rings (SSSR count). The smallest absolute Gasteiger partial charge is 0.253 e. The number of nitrogens with one attached hydrogen (secondary N) is 3. The molecular weight excluding hydrogens is 466 g/mol. The van der Waals surface area contributed by atoms with Crippen LogP contribution in [0.1, 0.15) is 75.9 Å². The molecule has 0 unspecified atom stereocenters. The van der Waals surface area contributed by atoms with Crippen LogP contribution in [-0.2, 0) is 10.8 Å².